The quantitative estimate of drug-likeness (QED) is 0.425. The number of nitrogens with zero attached hydrogens (tertiary/aromatic N) is 2. The lowest BCUT2D eigenvalue weighted by atomic mass is 10.2. The minimum Gasteiger partial charge on any atom is -0.494 e. The predicted octanol–water partition coefficient (Wildman–Crippen LogP) is 3.45. The summed E-state index contributed by atoms with van der Waals surface area (Å²) >= 11 is 6.09. The van der Waals surface area contributed by atoms with Crippen LogP contribution in [0.2, 0.25) is 0 Å². The van der Waals surface area contributed by atoms with E-state index in [0.717, 1.165) is 12.8 Å². The molecule has 2 atom stereocenters. The molecule has 1 aromatic carbocycles. The smallest absolute Gasteiger partial charge is 0.324 e. The van der Waals surface area contributed by atoms with Crippen molar-refractivity contribution in [1.82, 2.24) is 15.3 Å². The first-order valence-corrected chi connectivity index (χ1v) is 10.1. The van der Waals surface area contributed by atoms with Gasteiger partial charge in [-0.25, -0.2) is 9.78 Å². The minimum absolute atomic E-state index is 0.100. The van der Waals surface area contributed by atoms with Crippen molar-refractivity contribution in [3.8, 4) is 5.75 Å². The highest BCUT2D eigenvalue weighted by atomic mass is 35.5. The maximum absolute atomic E-state index is 12.4. The Hall–Kier alpha value is -2.91. The molecule has 0 spiro atoms. The van der Waals surface area contributed by atoms with E-state index in [1.807, 2.05) is 6.92 Å². The van der Waals surface area contributed by atoms with Gasteiger partial charge in [-0.15, -0.1) is 11.6 Å². The van der Waals surface area contributed by atoms with E-state index in [2.05, 4.69) is 31.2 Å². The number of rotatable bonds is 10. The van der Waals surface area contributed by atoms with Gasteiger partial charge in [0.1, 0.15) is 5.75 Å². The third-order valence-electron chi connectivity index (χ3n) is 4.27. The molecular weight excluding hydrogens is 408 g/mol. The highest BCUT2D eigenvalue weighted by Crippen LogP contribution is 2.28. The highest BCUT2D eigenvalue weighted by molar-refractivity contribution is 6.20. The lowest BCUT2D eigenvalue weighted by molar-refractivity contribution is -0.117. The molecule has 10 heteroatoms. The fourth-order valence-electron chi connectivity index (χ4n) is 2.51. The maximum Gasteiger partial charge on any atom is 0.324 e. The average Bonchev–Trinajstić information content (AvgIpc) is 2.75. The monoisotopic (exact) mass is 434 g/mol. The number of urea groups is 1. The summed E-state index contributed by atoms with van der Waals surface area (Å²) in [4.78, 5) is 32.4. The van der Waals surface area contributed by atoms with E-state index in [-0.39, 0.29) is 17.3 Å². The van der Waals surface area contributed by atoms with Gasteiger partial charge in [0.05, 0.1) is 25.0 Å². The number of anilines is 3. The van der Waals surface area contributed by atoms with Crippen LogP contribution in [0.15, 0.2) is 36.8 Å². The first-order valence-electron chi connectivity index (χ1n) is 9.63. The van der Waals surface area contributed by atoms with Crippen molar-refractivity contribution < 1.29 is 14.3 Å². The van der Waals surface area contributed by atoms with E-state index in [1.54, 1.807) is 25.1 Å². The molecule has 162 valence electrons. The van der Waals surface area contributed by atoms with Gasteiger partial charge in [-0.1, -0.05) is 6.92 Å². The third-order valence-corrected chi connectivity index (χ3v) is 4.79. The summed E-state index contributed by atoms with van der Waals surface area (Å²) in [6, 6.07) is 4.08. The first-order chi connectivity index (χ1) is 14.4. The largest absolute Gasteiger partial charge is 0.494 e. The van der Waals surface area contributed by atoms with Crippen molar-refractivity contribution in [2.45, 2.75) is 38.1 Å². The van der Waals surface area contributed by atoms with E-state index in [4.69, 9.17) is 16.3 Å². The van der Waals surface area contributed by atoms with Crippen LogP contribution in [-0.2, 0) is 4.79 Å². The van der Waals surface area contributed by atoms with Gasteiger partial charge in [0.25, 0.3) is 0 Å². The number of amides is 3. The summed E-state index contributed by atoms with van der Waals surface area (Å²) in [5, 5.41) is 11.3. The molecule has 3 amide bonds. The number of hydrogen-bond acceptors (Lipinski definition) is 6. The second-order valence-electron chi connectivity index (χ2n) is 6.54. The van der Waals surface area contributed by atoms with E-state index < -0.39 is 6.03 Å². The normalized spacial score (nSPS) is 12.5. The standard InChI is InChI=1S/C20H27ClN6O3/c1-4-14(21)7-8-23-13(2)19(28)25-15-5-6-16(17(11-15)30-3)26-20(29)27-18-12-22-9-10-24-18/h5-6,9-14,23H,4,7-8H2,1-3H3,(H,25,28)(H2,24,26,27,29). The van der Waals surface area contributed by atoms with Crippen LogP contribution >= 0.6 is 11.6 Å². The molecule has 0 aliphatic rings. The molecule has 0 aliphatic carbocycles. The molecule has 4 N–H and O–H groups in total. The van der Waals surface area contributed by atoms with Crippen molar-refractivity contribution >= 4 is 40.7 Å². The van der Waals surface area contributed by atoms with E-state index in [0.29, 0.717) is 29.5 Å². The van der Waals surface area contributed by atoms with Crippen LogP contribution in [0.1, 0.15) is 26.7 Å². The molecule has 0 radical (unpaired) electrons. The fourth-order valence-corrected chi connectivity index (χ4v) is 2.62. The molecule has 2 aromatic rings. The van der Waals surface area contributed by atoms with Crippen molar-refractivity contribution in [3.63, 3.8) is 0 Å². The van der Waals surface area contributed by atoms with Crippen molar-refractivity contribution in [2.24, 2.45) is 0 Å². The first kappa shape index (κ1) is 23.4. The molecule has 1 heterocycles. The third kappa shape index (κ3) is 7.49. The summed E-state index contributed by atoms with van der Waals surface area (Å²) < 4.78 is 5.33. The van der Waals surface area contributed by atoms with Crippen molar-refractivity contribution in [1.29, 1.82) is 0 Å². The van der Waals surface area contributed by atoms with Crippen molar-refractivity contribution in [2.75, 3.05) is 29.6 Å². The topological polar surface area (TPSA) is 117 Å². The molecule has 9 nitrogen and oxygen atoms in total. The Kier molecular flexibility index (Phi) is 9.30. The zero-order chi connectivity index (χ0) is 21.9. The number of alkyl halides is 1. The molecule has 0 aliphatic heterocycles. The Labute approximate surface area is 181 Å². The number of nitrogens with one attached hydrogen (secondary N) is 4. The van der Waals surface area contributed by atoms with Crippen LogP contribution in [0.3, 0.4) is 0 Å². The highest BCUT2D eigenvalue weighted by Gasteiger charge is 2.15. The van der Waals surface area contributed by atoms with Gasteiger partial charge in [0.2, 0.25) is 5.91 Å². The van der Waals surface area contributed by atoms with Crippen LogP contribution in [0.5, 0.6) is 5.75 Å². The number of carbonyl (C=O) groups excluding carboxylic acids is 2. The second-order valence-corrected chi connectivity index (χ2v) is 7.16. The molecule has 2 unspecified atom stereocenters. The molecule has 0 saturated carbocycles. The van der Waals surface area contributed by atoms with Gasteiger partial charge in [-0.2, -0.15) is 0 Å². The zero-order valence-electron chi connectivity index (χ0n) is 17.2. The number of ether oxygens (including phenoxy) is 1. The molecule has 1 aromatic heterocycles. The van der Waals surface area contributed by atoms with Gasteiger partial charge in [0.15, 0.2) is 5.82 Å². The molecule has 0 fully saturated rings. The van der Waals surface area contributed by atoms with Crippen LogP contribution in [0, 0.1) is 0 Å². The molecule has 30 heavy (non-hydrogen) atoms. The SMILES string of the molecule is CCC(Cl)CCNC(C)C(=O)Nc1ccc(NC(=O)Nc2cnccn2)c(OC)c1. The number of carbonyl (C=O) groups is 2. The maximum atomic E-state index is 12.4. The van der Waals surface area contributed by atoms with Crippen LogP contribution < -0.4 is 26.0 Å². The van der Waals surface area contributed by atoms with E-state index >= 15 is 0 Å². The Balaban J connectivity index is 1.92. The van der Waals surface area contributed by atoms with Gasteiger partial charge >= 0.3 is 6.03 Å². The summed E-state index contributed by atoms with van der Waals surface area (Å²) in [5.41, 5.74) is 0.991. The van der Waals surface area contributed by atoms with E-state index in [1.165, 1.54) is 25.7 Å². The average molecular weight is 435 g/mol. The van der Waals surface area contributed by atoms with Crippen LogP contribution in [-0.4, -0.2) is 47.0 Å². The Bertz CT molecular complexity index is 837. The fraction of sp³-hybridized carbons (Fsp3) is 0.400. The lowest BCUT2D eigenvalue weighted by Crippen LogP contribution is -2.39. The number of halogens is 1. The van der Waals surface area contributed by atoms with Gasteiger partial charge in [-0.05, 0) is 38.4 Å². The summed E-state index contributed by atoms with van der Waals surface area (Å²) in [5.74, 6) is 0.537. The Morgan fingerprint density at radius 3 is 2.67 bits per heavy atom. The summed E-state index contributed by atoms with van der Waals surface area (Å²) in [7, 11) is 1.48. The molecular formula is C20H27ClN6O3. The predicted molar refractivity (Wildman–Crippen MR) is 118 cm³/mol. The Morgan fingerprint density at radius 1 is 1.20 bits per heavy atom. The lowest BCUT2D eigenvalue weighted by Gasteiger charge is -2.16. The van der Waals surface area contributed by atoms with E-state index in [9.17, 15) is 9.59 Å². The number of benzene rings is 1. The number of aromatic nitrogens is 2. The number of methoxy groups -OCH3 is 1. The molecule has 2 rings (SSSR count). The minimum atomic E-state index is -0.493. The summed E-state index contributed by atoms with van der Waals surface area (Å²) in [6.07, 6.45) is 6.10. The molecule has 0 bridgehead atoms. The van der Waals surface area contributed by atoms with Crippen molar-refractivity contribution in [3.05, 3.63) is 36.8 Å². The zero-order valence-corrected chi connectivity index (χ0v) is 18.0. The van der Waals surface area contributed by atoms with Crippen LogP contribution in [0.4, 0.5) is 22.0 Å². The summed E-state index contributed by atoms with van der Waals surface area (Å²) in [6.45, 7) is 4.47. The van der Waals surface area contributed by atoms with Gasteiger partial charge in [0, 0.05) is 29.5 Å². The van der Waals surface area contributed by atoms with Gasteiger partial charge in [-0.3, -0.25) is 15.1 Å². The Morgan fingerprint density at radius 2 is 2.00 bits per heavy atom. The second kappa shape index (κ2) is 11.9. The number of hydrogen-bond donors (Lipinski definition) is 4. The van der Waals surface area contributed by atoms with Crippen LogP contribution in [0.25, 0.3) is 0 Å². The van der Waals surface area contributed by atoms with Gasteiger partial charge < -0.3 is 20.7 Å². The molecule has 0 saturated heterocycles.